The highest BCUT2D eigenvalue weighted by Gasteiger charge is 2.08. The van der Waals surface area contributed by atoms with Crippen molar-refractivity contribution in [1.29, 1.82) is 0 Å². The maximum atomic E-state index is 6.17. The third-order valence-corrected chi connectivity index (χ3v) is 3.39. The average molecular weight is 296 g/mol. The fraction of sp³-hybridized carbons (Fsp3) is 0.200. The summed E-state index contributed by atoms with van der Waals surface area (Å²) in [7, 11) is 0. The van der Waals surface area contributed by atoms with Crippen molar-refractivity contribution in [2.45, 2.75) is 19.9 Å². The van der Waals surface area contributed by atoms with Gasteiger partial charge < -0.3 is 10.5 Å². The quantitative estimate of drug-likeness (QED) is 0.853. The Morgan fingerprint density at radius 3 is 2.42 bits per heavy atom. The van der Waals surface area contributed by atoms with E-state index in [1.807, 2.05) is 38.1 Å². The molecule has 0 saturated carbocycles. The van der Waals surface area contributed by atoms with E-state index in [0.29, 0.717) is 15.8 Å². The predicted octanol–water partition coefficient (Wildman–Crippen LogP) is 5.11. The van der Waals surface area contributed by atoms with Crippen molar-refractivity contribution in [3.05, 3.63) is 57.6 Å². The van der Waals surface area contributed by atoms with E-state index < -0.39 is 0 Å². The van der Waals surface area contributed by atoms with Crippen LogP contribution in [-0.4, -0.2) is 0 Å². The van der Waals surface area contributed by atoms with Crippen molar-refractivity contribution in [3.63, 3.8) is 0 Å². The molecule has 0 bridgehead atoms. The molecular weight excluding hydrogens is 281 g/mol. The summed E-state index contributed by atoms with van der Waals surface area (Å²) in [5.74, 6) is 1.44. The van der Waals surface area contributed by atoms with Crippen LogP contribution >= 0.6 is 23.2 Å². The van der Waals surface area contributed by atoms with Gasteiger partial charge in [-0.3, -0.25) is 0 Å². The van der Waals surface area contributed by atoms with Crippen molar-refractivity contribution >= 4 is 23.2 Å². The Kier molecular flexibility index (Phi) is 4.35. The van der Waals surface area contributed by atoms with Gasteiger partial charge in [0.1, 0.15) is 11.5 Å². The van der Waals surface area contributed by atoms with E-state index in [4.69, 9.17) is 33.7 Å². The van der Waals surface area contributed by atoms with Gasteiger partial charge in [0.2, 0.25) is 0 Å². The van der Waals surface area contributed by atoms with Crippen LogP contribution in [0.5, 0.6) is 11.5 Å². The number of rotatable bonds is 3. The third kappa shape index (κ3) is 3.41. The molecule has 1 unspecified atom stereocenters. The summed E-state index contributed by atoms with van der Waals surface area (Å²) in [6, 6.07) is 10.9. The van der Waals surface area contributed by atoms with Gasteiger partial charge in [-0.15, -0.1) is 0 Å². The molecule has 2 N–H and O–H groups in total. The van der Waals surface area contributed by atoms with Crippen molar-refractivity contribution in [2.75, 3.05) is 0 Å². The second-order valence-electron chi connectivity index (χ2n) is 4.48. The molecule has 0 aliphatic heterocycles. The second kappa shape index (κ2) is 5.83. The molecule has 0 aromatic heterocycles. The molecule has 19 heavy (non-hydrogen) atoms. The lowest BCUT2D eigenvalue weighted by atomic mass is 10.1. The fourth-order valence-corrected chi connectivity index (χ4v) is 2.36. The normalized spacial score (nSPS) is 12.3. The summed E-state index contributed by atoms with van der Waals surface area (Å²) in [4.78, 5) is 0. The van der Waals surface area contributed by atoms with Crippen molar-refractivity contribution in [2.24, 2.45) is 5.73 Å². The summed E-state index contributed by atoms with van der Waals surface area (Å²) in [6.45, 7) is 3.84. The molecule has 2 rings (SSSR count). The first-order valence-electron chi connectivity index (χ1n) is 5.96. The number of ether oxygens (including phenoxy) is 1. The molecule has 2 aromatic carbocycles. The maximum absolute atomic E-state index is 6.17. The summed E-state index contributed by atoms with van der Waals surface area (Å²) < 4.78 is 5.80. The number of aryl methyl sites for hydroxylation is 1. The standard InChI is InChI=1S/C15H15Cl2NO/c1-9-7-11(16)3-6-15(9)19-12-4-5-13(10(2)18)14(17)8-12/h3-8,10H,18H2,1-2H3. The van der Waals surface area contributed by atoms with Gasteiger partial charge in [-0.2, -0.15) is 0 Å². The van der Waals surface area contributed by atoms with Crippen molar-refractivity contribution in [1.82, 2.24) is 0 Å². The highest BCUT2D eigenvalue weighted by molar-refractivity contribution is 6.31. The Morgan fingerprint density at radius 2 is 1.84 bits per heavy atom. The largest absolute Gasteiger partial charge is 0.457 e. The van der Waals surface area contributed by atoms with E-state index in [9.17, 15) is 0 Å². The third-order valence-electron chi connectivity index (χ3n) is 2.83. The molecule has 0 amide bonds. The average Bonchev–Trinajstić information content (AvgIpc) is 2.32. The van der Waals surface area contributed by atoms with E-state index in [2.05, 4.69) is 0 Å². The lowest BCUT2D eigenvalue weighted by Crippen LogP contribution is -2.05. The summed E-state index contributed by atoms with van der Waals surface area (Å²) >= 11 is 12.1. The van der Waals surface area contributed by atoms with Gasteiger partial charge in [-0.1, -0.05) is 29.3 Å². The number of benzene rings is 2. The zero-order valence-electron chi connectivity index (χ0n) is 10.8. The van der Waals surface area contributed by atoms with Gasteiger partial charge in [0.25, 0.3) is 0 Å². The van der Waals surface area contributed by atoms with Crippen LogP contribution in [0.3, 0.4) is 0 Å². The SMILES string of the molecule is Cc1cc(Cl)ccc1Oc1ccc(C(C)N)c(Cl)c1. The van der Waals surface area contributed by atoms with E-state index in [1.165, 1.54) is 0 Å². The molecule has 0 spiro atoms. The molecule has 0 saturated heterocycles. The molecule has 4 heteroatoms. The smallest absolute Gasteiger partial charge is 0.130 e. The van der Waals surface area contributed by atoms with Gasteiger partial charge in [0.05, 0.1) is 0 Å². The van der Waals surface area contributed by atoms with Crippen molar-refractivity contribution in [3.8, 4) is 11.5 Å². The molecule has 0 aliphatic carbocycles. The monoisotopic (exact) mass is 295 g/mol. The predicted molar refractivity (Wildman–Crippen MR) is 80.3 cm³/mol. The molecule has 0 fully saturated rings. The molecule has 0 radical (unpaired) electrons. The van der Waals surface area contributed by atoms with Crippen molar-refractivity contribution < 1.29 is 4.74 Å². The molecule has 2 aromatic rings. The Labute approximate surface area is 123 Å². The molecular formula is C15H15Cl2NO. The van der Waals surface area contributed by atoms with Crippen LogP contribution in [0, 0.1) is 6.92 Å². The molecule has 0 aliphatic rings. The highest BCUT2D eigenvalue weighted by atomic mass is 35.5. The van der Waals surface area contributed by atoms with Crippen LogP contribution in [0.2, 0.25) is 10.0 Å². The van der Waals surface area contributed by atoms with Crippen LogP contribution in [-0.2, 0) is 0 Å². The Balaban J connectivity index is 2.26. The first kappa shape index (κ1) is 14.2. The molecule has 100 valence electrons. The molecule has 1 atom stereocenters. The summed E-state index contributed by atoms with van der Waals surface area (Å²) in [6.07, 6.45) is 0. The Morgan fingerprint density at radius 1 is 1.11 bits per heavy atom. The lowest BCUT2D eigenvalue weighted by Gasteiger charge is -2.12. The van der Waals surface area contributed by atoms with E-state index in [-0.39, 0.29) is 6.04 Å². The second-order valence-corrected chi connectivity index (χ2v) is 5.33. The first-order chi connectivity index (χ1) is 8.97. The highest BCUT2D eigenvalue weighted by Crippen LogP contribution is 2.31. The van der Waals surface area contributed by atoms with Gasteiger partial charge >= 0.3 is 0 Å². The molecule has 2 nitrogen and oxygen atoms in total. The van der Waals surface area contributed by atoms with Crippen LogP contribution in [0.4, 0.5) is 0 Å². The number of nitrogens with two attached hydrogens (primary N) is 1. The van der Waals surface area contributed by atoms with Gasteiger partial charge in [0, 0.05) is 16.1 Å². The van der Waals surface area contributed by atoms with Crippen LogP contribution < -0.4 is 10.5 Å². The summed E-state index contributed by atoms with van der Waals surface area (Å²) in [5.41, 5.74) is 7.69. The minimum Gasteiger partial charge on any atom is -0.457 e. The van der Waals surface area contributed by atoms with Crippen LogP contribution in [0.25, 0.3) is 0 Å². The van der Waals surface area contributed by atoms with Gasteiger partial charge in [-0.05, 0) is 55.3 Å². The van der Waals surface area contributed by atoms with E-state index in [1.54, 1.807) is 12.1 Å². The van der Waals surface area contributed by atoms with E-state index in [0.717, 1.165) is 16.9 Å². The zero-order chi connectivity index (χ0) is 14.0. The topological polar surface area (TPSA) is 35.2 Å². The van der Waals surface area contributed by atoms with Gasteiger partial charge in [0.15, 0.2) is 0 Å². The minimum atomic E-state index is -0.0983. The van der Waals surface area contributed by atoms with Gasteiger partial charge in [-0.25, -0.2) is 0 Å². The number of halogens is 2. The van der Waals surface area contributed by atoms with E-state index >= 15 is 0 Å². The number of hydrogen-bond donors (Lipinski definition) is 1. The number of hydrogen-bond acceptors (Lipinski definition) is 2. The first-order valence-corrected chi connectivity index (χ1v) is 6.72. The van der Waals surface area contributed by atoms with Crippen LogP contribution in [0.1, 0.15) is 24.1 Å². The maximum Gasteiger partial charge on any atom is 0.130 e. The fourth-order valence-electron chi connectivity index (χ4n) is 1.79. The summed E-state index contributed by atoms with van der Waals surface area (Å²) in [5, 5.41) is 1.30. The minimum absolute atomic E-state index is 0.0983. The Hall–Kier alpha value is -1.22. The Bertz CT molecular complexity index is 597. The lowest BCUT2D eigenvalue weighted by molar-refractivity contribution is 0.478. The van der Waals surface area contributed by atoms with Crippen LogP contribution in [0.15, 0.2) is 36.4 Å². The molecule has 0 heterocycles. The zero-order valence-corrected chi connectivity index (χ0v) is 12.3.